The summed E-state index contributed by atoms with van der Waals surface area (Å²) in [5, 5.41) is 1.37. The first-order valence-corrected chi connectivity index (χ1v) is 7.40. The fraction of sp³-hybridized carbons (Fsp3) is 0.571. The molecule has 1 unspecified atom stereocenters. The maximum absolute atomic E-state index is 6.33. The van der Waals surface area contributed by atoms with Crippen LogP contribution in [-0.2, 0) is 6.54 Å². The number of nitrogens with zero attached hydrogens (tertiary/aromatic N) is 1. The lowest BCUT2D eigenvalue weighted by Crippen LogP contribution is -2.35. The van der Waals surface area contributed by atoms with Crippen LogP contribution in [0.3, 0.4) is 0 Å². The first-order valence-electron chi connectivity index (χ1n) is 6.65. The number of hydrogen-bond acceptors (Lipinski definition) is 2. The summed E-state index contributed by atoms with van der Waals surface area (Å²) in [4.78, 5) is 2.53. The second-order valence-electron chi connectivity index (χ2n) is 5.29. The van der Waals surface area contributed by atoms with Crippen molar-refractivity contribution in [2.75, 3.05) is 6.54 Å². The zero-order chi connectivity index (χ0) is 12.7. The van der Waals surface area contributed by atoms with E-state index in [4.69, 9.17) is 28.9 Å². The predicted octanol–water partition coefficient (Wildman–Crippen LogP) is 3.75. The van der Waals surface area contributed by atoms with E-state index in [1.807, 2.05) is 6.07 Å². The Bertz CT molecular complexity index is 455. The molecule has 0 radical (unpaired) electrons. The molecule has 0 spiro atoms. The van der Waals surface area contributed by atoms with Gasteiger partial charge in [0.05, 0.1) is 10.0 Å². The Morgan fingerprint density at radius 2 is 1.94 bits per heavy atom. The number of halogens is 2. The molecule has 3 rings (SSSR count). The topological polar surface area (TPSA) is 29.3 Å². The van der Waals surface area contributed by atoms with Gasteiger partial charge in [0.15, 0.2) is 0 Å². The lowest BCUT2D eigenvalue weighted by atomic mass is 10.0. The molecule has 1 aromatic carbocycles. The van der Waals surface area contributed by atoms with Gasteiger partial charge in [-0.2, -0.15) is 0 Å². The van der Waals surface area contributed by atoms with Crippen LogP contribution in [-0.4, -0.2) is 17.5 Å². The highest BCUT2D eigenvalue weighted by atomic mass is 35.5. The van der Waals surface area contributed by atoms with Crippen LogP contribution in [0.1, 0.15) is 42.9 Å². The normalized spacial score (nSPS) is 24.7. The van der Waals surface area contributed by atoms with Gasteiger partial charge in [0.25, 0.3) is 0 Å². The van der Waals surface area contributed by atoms with Crippen molar-refractivity contribution in [2.24, 2.45) is 5.73 Å². The van der Waals surface area contributed by atoms with Gasteiger partial charge in [-0.25, -0.2) is 0 Å². The van der Waals surface area contributed by atoms with Gasteiger partial charge in [-0.3, -0.25) is 4.90 Å². The lowest BCUT2D eigenvalue weighted by Gasteiger charge is -2.29. The summed E-state index contributed by atoms with van der Waals surface area (Å²) in [6.07, 6.45) is 5.25. The summed E-state index contributed by atoms with van der Waals surface area (Å²) in [6, 6.07) is 4.97. The molecule has 1 aliphatic carbocycles. The van der Waals surface area contributed by atoms with E-state index >= 15 is 0 Å². The van der Waals surface area contributed by atoms with Gasteiger partial charge in [0.2, 0.25) is 0 Å². The number of rotatable bonds is 2. The average Bonchev–Trinajstić information content (AvgIpc) is 2.99. The van der Waals surface area contributed by atoms with Gasteiger partial charge in [-0.15, -0.1) is 0 Å². The third kappa shape index (κ3) is 1.96. The number of fused-ring (bicyclic) bond motifs is 1. The van der Waals surface area contributed by atoms with Crippen LogP contribution in [0, 0.1) is 0 Å². The number of nitrogens with two attached hydrogens (primary N) is 1. The summed E-state index contributed by atoms with van der Waals surface area (Å²) in [5.41, 5.74) is 8.44. The predicted molar refractivity (Wildman–Crippen MR) is 76.1 cm³/mol. The van der Waals surface area contributed by atoms with Gasteiger partial charge in [-0.05, 0) is 30.0 Å². The van der Waals surface area contributed by atoms with E-state index < -0.39 is 0 Å². The molecule has 0 amide bonds. The molecule has 1 fully saturated rings. The lowest BCUT2D eigenvalue weighted by molar-refractivity contribution is 0.152. The van der Waals surface area contributed by atoms with Gasteiger partial charge < -0.3 is 5.73 Å². The maximum atomic E-state index is 6.33. The molecule has 1 atom stereocenters. The maximum Gasteiger partial charge on any atom is 0.0640 e. The zero-order valence-electron chi connectivity index (χ0n) is 10.3. The van der Waals surface area contributed by atoms with E-state index in [0.29, 0.717) is 28.7 Å². The van der Waals surface area contributed by atoms with Crippen LogP contribution in [0.4, 0.5) is 0 Å². The summed E-state index contributed by atoms with van der Waals surface area (Å²) >= 11 is 12.4. The minimum absolute atomic E-state index is 0.317. The summed E-state index contributed by atoms with van der Waals surface area (Å²) < 4.78 is 0. The van der Waals surface area contributed by atoms with Crippen molar-refractivity contribution < 1.29 is 0 Å². The van der Waals surface area contributed by atoms with Crippen molar-refractivity contribution in [3.63, 3.8) is 0 Å². The zero-order valence-corrected chi connectivity index (χ0v) is 11.8. The van der Waals surface area contributed by atoms with Crippen molar-refractivity contribution in [2.45, 2.75) is 44.3 Å². The van der Waals surface area contributed by atoms with Crippen molar-refractivity contribution in [3.05, 3.63) is 33.3 Å². The third-order valence-electron chi connectivity index (χ3n) is 4.35. The Balaban J connectivity index is 1.96. The van der Waals surface area contributed by atoms with Gasteiger partial charge in [0.1, 0.15) is 0 Å². The second kappa shape index (κ2) is 5.01. The smallest absolute Gasteiger partial charge is 0.0640 e. The highest BCUT2D eigenvalue weighted by molar-refractivity contribution is 6.42. The van der Waals surface area contributed by atoms with Crippen LogP contribution in [0.2, 0.25) is 10.0 Å². The van der Waals surface area contributed by atoms with Crippen LogP contribution < -0.4 is 5.73 Å². The molecule has 1 aliphatic heterocycles. The van der Waals surface area contributed by atoms with Crippen molar-refractivity contribution in [1.29, 1.82) is 0 Å². The van der Waals surface area contributed by atoms with E-state index in [2.05, 4.69) is 11.0 Å². The molecule has 0 saturated heterocycles. The summed E-state index contributed by atoms with van der Waals surface area (Å²) in [7, 11) is 0. The molecule has 18 heavy (non-hydrogen) atoms. The molecule has 2 aliphatic rings. The molecule has 98 valence electrons. The molecule has 1 aromatic rings. The standard InChI is InChI=1S/C14H18Cl2N2/c15-12-6-5-10-11(14(12)16)8-18(13(10)7-17)9-3-1-2-4-9/h5-6,9,13H,1-4,7-8,17H2. The van der Waals surface area contributed by atoms with Gasteiger partial charge in [0, 0.05) is 25.2 Å². The van der Waals surface area contributed by atoms with Crippen molar-refractivity contribution >= 4 is 23.2 Å². The minimum atomic E-state index is 0.317. The fourth-order valence-electron chi connectivity index (χ4n) is 3.43. The molecule has 1 saturated carbocycles. The Hall–Kier alpha value is -0.280. The van der Waals surface area contributed by atoms with E-state index in [1.54, 1.807) is 0 Å². The Kier molecular flexibility index (Phi) is 3.55. The highest BCUT2D eigenvalue weighted by Gasteiger charge is 2.36. The van der Waals surface area contributed by atoms with Gasteiger partial charge in [-0.1, -0.05) is 42.1 Å². The van der Waals surface area contributed by atoms with Crippen LogP contribution >= 0.6 is 23.2 Å². The van der Waals surface area contributed by atoms with Gasteiger partial charge >= 0.3 is 0 Å². The van der Waals surface area contributed by atoms with E-state index in [0.717, 1.165) is 6.54 Å². The molecule has 2 N–H and O–H groups in total. The molecule has 0 aromatic heterocycles. The van der Waals surface area contributed by atoms with Crippen LogP contribution in [0.25, 0.3) is 0 Å². The molecule has 4 heteroatoms. The highest BCUT2D eigenvalue weighted by Crippen LogP contribution is 2.43. The molecule has 1 heterocycles. The Labute approximate surface area is 118 Å². The summed E-state index contributed by atoms with van der Waals surface area (Å²) in [6.45, 7) is 1.56. The second-order valence-corrected chi connectivity index (χ2v) is 6.08. The largest absolute Gasteiger partial charge is 0.329 e. The first-order chi connectivity index (χ1) is 8.72. The van der Waals surface area contributed by atoms with Crippen molar-refractivity contribution in [3.8, 4) is 0 Å². The monoisotopic (exact) mass is 284 g/mol. The van der Waals surface area contributed by atoms with Crippen molar-refractivity contribution in [1.82, 2.24) is 4.90 Å². The SMILES string of the molecule is NCC1c2ccc(Cl)c(Cl)c2CN1C1CCCC1. The minimum Gasteiger partial charge on any atom is -0.329 e. The van der Waals surface area contributed by atoms with Crippen LogP contribution in [0.15, 0.2) is 12.1 Å². The first kappa shape index (κ1) is 12.7. The summed E-state index contributed by atoms with van der Waals surface area (Å²) in [5.74, 6) is 0. The van der Waals surface area contributed by atoms with E-state index in [-0.39, 0.29) is 0 Å². The van der Waals surface area contributed by atoms with Crippen LogP contribution in [0.5, 0.6) is 0 Å². The van der Waals surface area contributed by atoms with E-state index in [9.17, 15) is 0 Å². The number of benzene rings is 1. The average molecular weight is 285 g/mol. The molecular weight excluding hydrogens is 267 g/mol. The molecular formula is C14H18Cl2N2. The quantitative estimate of drug-likeness (QED) is 0.896. The fourth-order valence-corrected chi connectivity index (χ4v) is 3.84. The third-order valence-corrected chi connectivity index (χ3v) is 5.19. The molecule has 2 nitrogen and oxygen atoms in total. The Morgan fingerprint density at radius 3 is 2.61 bits per heavy atom. The molecule has 0 bridgehead atoms. The number of hydrogen-bond donors (Lipinski definition) is 1. The van der Waals surface area contributed by atoms with E-state index in [1.165, 1.54) is 36.8 Å². The Morgan fingerprint density at radius 1 is 1.22 bits per heavy atom.